The summed E-state index contributed by atoms with van der Waals surface area (Å²) in [6.45, 7) is 1.84. The fourth-order valence-corrected chi connectivity index (χ4v) is 1.07. The van der Waals surface area contributed by atoms with Crippen LogP contribution in [0.1, 0.15) is 16.9 Å². The third kappa shape index (κ3) is 0.869. The fraction of sp³-hybridized carbons (Fsp3) is 0.286. The SMILES string of the molecule is Cc1cc2n(n1)C(=O)CC=N2. The Bertz CT molecular complexity index is 337. The average Bonchev–Trinajstić information content (AvgIpc) is 2.31. The van der Waals surface area contributed by atoms with Crippen LogP contribution in [0.25, 0.3) is 0 Å². The summed E-state index contributed by atoms with van der Waals surface area (Å²) in [6.07, 6.45) is 1.97. The van der Waals surface area contributed by atoms with Crippen molar-refractivity contribution in [3.8, 4) is 0 Å². The number of aryl methyl sites for hydroxylation is 1. The maximum absolute atomic E-state index is 11.1. The lowest BCUT2D eigenvalue weighted by molar-refractivity contribution is 0.0907. The van der Waals surface area contributed by atoms with Gasteiger partial charge in [-0.3, -0.25) is 4.79 Å². The second-order valence-electron chi connectivity index (χ2n) is 2.47. The molecule has 1 aromatic heterocycles. The van der Waals surface area contributed by atoms with E-state index in [1.807, 2.05) is 6.92 Å². The van der Waals surface area contributed by atoms with Gasteiger partial charge in [0.15, 0.2) is 5.82 Å². The maximum atomic E-state index is 11.1. The summed E-state index contributed by atoms with van der Waals surface area (Å²) in [5.41, 5.74) is 0.826. The summed E-state index contributed by atoms with van der Waals surface area (Å²) in [4.78, 5) is 15.1. The predicted molar refractivity (Wildman–Crippen MR) is 40.4 cm³/mol. The first kappa shape index (κ1) is 6.27. The third-order valence-electron chi connectivity index (χ3n) is 1.54. The molecule has 0 fully saturated rings. The summed E-state index contributed by atoms with van der Waals surface area (Å²) in [5, 5.41) is 3.99. The van der Waals surface area contributed by atoms with E-state index in [9.17, 15) is 4.79 Å². The van der Waals surface area contributed by atoms with Gasteiger partial charge in [0.05, 0.1) is 12.1 Å². The van der Waals surface area contributed by atoms with Gasteiger partial charge in [0.2, 0.25) is 0 Å². The standard InChI is InChI=1S/C7H7N3O/c1-5-4-6-8-3-2-7(11)10(6)9-5/h3-4H,2H2,1H3. The van der Waals surface area contributed by atoms with Crippen LogP contribution in [0, 0.1) is 6.92 Å². The van der Waals surface area contributed by atoms with Gasteiger partial charge < -0.3 is 0 Å². The summed E-state index contributed by atoms with van der Waals surface area (Å²) >= 11 is 0. The van der Waals surface area contributed by atoms with Crippen molar-refractivity contribution in [2.24, 2.45) is 4.99 Å². The smallest absolute Gasteiger partial charge is 0.254 e. The number of carbonyl (C=O) groups excluding carboxylic acids is 1. The Hall–Kier alpha value is -1.45. The molecule has 0 aliphatic carbocycles. The minimum absolute atomic E-state index is 0.0110. The molecule has 0 spiro atoms. The van der Waals surface area contributed by atoms with Gasteiger partial charge >= 0.3 is 0 Å². The lowest BCUT2D eigenvalue weighted by Gasteiger charge is -2.03. The van der Waals surface area contributed by atoms with Crippen molar-refractivity contribution < 1.29 is 4.79 Å². The summed E-state index contributed by atoms with van der Waals surface area (Å²) in [6, 6.07) is 1.79. The van der Waals surface area contributed by atoms with E-state index in [0.717, 1.165) is 5.69 Å². The molecule has 4 heteroatoms. The summed E-state index contributed by atoms with van der Waals surface area (Å²) in [5.74, 6) is 0.627. The molecule has 0 saturated heterocycles. The average molecular weight is 149 g/mol. The quantitative estimate of drug-likeness (QED) is 0.551. The van der Waals surface area contributed by atoms with Crippen molar-refractivity contribution in [2.45, 2.75) is 13.3 Å². The molecule has 56 valence electrons. The Morgan fingerprint density at radius 1 is 1.64 bits per heavy atom. The van der Waals surface area contributed by atoms with E-state index < -0.39 is 0 Å². The molecule has 1 aliphatic heterocycles. The molecule has 2 rings (SSSR count). The van der Waals surface area contributed by atoms with Crippen LogP contribution in [-0.4, -0.2) is 21.9 Å². The molecule has 1 aliphatic rings. The second kappa shape index (κ2) is 2.02. The molecule has 0 radical (unpaired) electrons. The molecule has 0 aromatic carbocycles. The van der Waals surface area contributed by atoms with Gasteiger partial charge in [0, 0.05) is 12.3 Å². The van der Waals surface area contributed by atoms with Gasteiger partial charge in [-0.05, 0) is 6.92 Å². The minimum Gasteiger partial charge on any atom is -0.272 e. The van der Waals surface area contributed by atoms with E-state index in [-0.39, 0.29) is 5.91 Å². The molecule has 11 heavy (non-hydrogen) atoms. The number of carbonyl (C=O) groups is 1. The molecule has 1 aromatic rings. The van der Waals surface area contributed by atoms with Gasteiger partial charge in [-0.15, -0.1) is 0 Å². The number of hydrogen-bond acceptors (Lipinski definition) is 3. The van der Waals surface area contributed by atoms with Crippen molar-refractivity contribution in [1.82, 2.24) is 9.78 Å². The van der Waals surface area contributed by atoms with Crippen LogP contribution >= 0.6 is 0 Å². The Labute approximate surface area is 63.5 Å². The first-order chi connectivity index (χ1) is 5.27. The highest BCUT2D eigenvalue weighted by molar-refractivity contribution is 5.95. The minimum atomic E-state index is -0.0110. The Morgan fingerprint density at radius 2 is 2.45 bits per heavy atom. The third-order valence-corrected chi connectivity index (χ3v) is 1.54. The first-order valence-electron chi connectivity index (χ1n) is 3.40. The molecular weight excluding hydrogens is 142 g/mol. The molecule has 0 unspecified atom stereocenters. The molecule has 0 atom stereocenters. The zero-order chi connectivity index (χ0) is 7.84. The van der Waals surface area contributed by atoms with Gasteiger partial charge in [-0.2, -0.15) is 9.78 Å². The van der Waals surface area contributed by atoms with Gasteiger partial charge in [-0.25, -0.2) is 4.99 Å². The van der Waals surface area contributed by atoms with Gasteiger partial charge in [-0.1, -0.05) is 0 Å². The van der Waals surface area contributed by atoms with E-state index in [1.54, 1.807) is 12.3 Å². The maximum Gasteiger partial charge on any atom is 0.254 e. The van der Waals surface area contributed by atoms with Crippen LogP contribution in [0.3, 0.4) is 0 Å². The first-order valence-corrected chi connectivity index (χ1v) is 3.40. The van der Waals surface area contributed by atoms with Crippen LogP contribution in [0.4, 0.5) is 5.82 Å². The predicted octanol–water partition coefficient (Wildman–Crippen LogP) is 0.938. The van der Waals surface area contributed by atoms with Crippen molar-refractivity contribution >= 4 is 17.9 Å². The van der Waals surface area contributed by atoms with Crippen molar-refractivity contribution in [2.75, 3.05) is 0 Å². The summed E-state index contributed by atoms with van der Waals surface area (Å²) in [7, 11) is 0. The van der Waals surface area contributed by atoms with Crippen LogP contribution < -0.4 is 0 Å². The van der Waals surface area contributed by atoms with Crippen LogP contribution in [0.2, 0.25) is 0 Å². The van der Waals surface area contributed by atoms with E-state index >= 15 is 0 Å². The normalized spacial score (nSPS) is 15.2. The van der Waals surface area contributed by atoms with Gasteiger partial charge in [0.1, 0.15) is 0 Å². The van der Waals surface area contributed by atoms with Gasteiger partial charge in [0.25, 0.3) is 5.91 Å². The van der Waals surface area contributed by atoms with E-state index in [2.05, 4.69) is 10.1 Å². The number of fused-ring (bicyclic) bond motifs is 1. The molecule has 0 N–H and O–H groups in total. The zero-order valence-electron chi connectivity index (χ0n) is 6.11. The number of aliphatic imine (C=N–C) groups is 1. The second-order valence-corrected chi connectivity index (χ2v) is 2.47. The topological polar surface area (TPSA) is 47.2 Å². The highest BCUT2D eigenvalue weighted by Gasteiger charge is 2.14. The van der Waals surface area contributed by atoms with Crippen LogP contribution in [0.15, 0.2) is 11.1 Å². The van der Waals surface area contributed by atoms with E-state index in [0.29, 0.717) is 12.2 Å². The molecule has 0 amide bonds. The zero-order valence-corrected chi connectivity index (χ0v) is 6.11. The molecular formula is C7H7N3O. The molecule has 4 nitrogen and oxygen atoms in total. The van der Waals surface area contributed by atoms with Crippen molar-refractivity contribution in [3.63, 3.8) is 0 Å². The van der Waals surface area contributed by atoms with Crippen LogP contribution in [0.5, 0.6) is 0 Å². The van der Waals surface area contributed by atoms with Crippen molar-refractivity contribution in [3.05, 3.63) is 11.8 Å². The largest absolute Gasteiger partial charge is 0.272 e. The fourth-order valence-electron chi connectivity index (χ4n) is 1.07. The monoisotopic (exact) mass is 149 g/mol. The Morgan fingerprint density at radius 3 is 3.18 bits per heavy atom. The number of nitrogens with zero attached hydrogens (tertiary/aromatic N) is 3. The van der Waals surface area contributed by atoms with Crippen molar-refractivity contribution in [1.29, 1.82) is 0 Å². The summed E-state index contributed by atoms with van der Waals surface area (Å²) < 4.78 is 1.34. The highest BCUT2D eigenvalue weighted by atomic mass is 16.2. The lowest BCUT2D eigenvalue weighted by Crippen LogP contribution is -2.15. The number of aromatic nitrogens is 2. The molecule has 0 bridgehead atoms. The van der Waals surface area contributed by atoms with E-state index in [4.69, 9.17) is 0 Å². The van der Waals surface area contributed by atoms with E-state index in [1.165, 1.54) is 4.68 Å². The Kier molecular flexibility index (Phi) is 1.15. The highest BCUT2D eigenvalue weighted by Crippen LogP contribution is 2.16. The lowest BCUT2D eigenvalue weighted by atomic mass is 10.4. The number of rotatable bonds is 0. The van der Waals surface area contributed by atoms with Crippen LogP contribution in [-0.2, 0) is 0 Å². The Balaban J connectivity index is 2.62. The molecule has 2 heterocycles. The number of hydrogen-bond donors (Lipinski definition) is 0. The molecule has 0 saturated carbocycles.